The van der Waals surface area contributed by atoms with Crippen molar-refractivity contribution in [2.75, 3.05) is 0 Å². The van der Waals surface area contributed by atoms with E-state index in [0.29, 0.717) is 23.2 Å². The lowest BCUT2D eigenvalue weighted by Gasteiger charge is -2.40. The van der Waals surface area contributed by atoms with E-state index in [2.05, 4.69) is 21.2 Å². The van der Waals surface area contributed by atoms with Crippen molar-refractivity contribution in [3.05, 3.63) is 27.7 Å². The zero-order valence-electron chi connectivity index (χ0n) is 10.2. The summed E-state index contributed by atoms with van der Waals surface area (Å²) in [6.45, 7) is 0. The molecule has 1 N–H and O–H groups in total. The van der Waals surface area contributed by atoms with Crippen LogP contribution in [0.15, 0.2) is 22.7 Å². The highest BCUT2D eigenvalue weighted by atomic mass is 79.9. The molecule has 2 atom stereocenters. The Morgan fingerprint density at radius 2 is 1.94 bits per heavy atom. The molecule has 4 heteroatoms. The van der Waals surface area contributed by atoms with E-state index in [9.17, 15) is 0 Å². The predicted molar refractivity (Wildman–Crippen MR) is 77.4 cm³/mol. The summed E-state index contributed by atoms with van der Waals surface area (Å²) in [6.07, 6.45) is 6.46. The minimum atomic E-state index is 0.316. The van der Waals surface area contributed by atoms with Crippen LogP contribution in [0.5, 0.6) is 5.75 Å². The van der Waals surface area contributed by atoms with E-state index in [1.54, 1.807) is 0 Å². The minimum Gasteiger partial charge on any atom is -0.489 e. The van der Waals surface area contributed by atoms with Gasteiger partial charge in [0.15, 0.2) is 0 Å². The molecule has 2 bridgehead atoms. The Morgan fingerprint density at radius 3 is 2.67 bits per heavy atom. The third-order valence-corrected chi connectivity index (χ3v) is 5.24. The molecule has 2 nitrogen and oxygen atoms in total. The summed E-state index contributed by atoms with van der Waals surface area (Å²) in [5, 5.41) is 4.39. The van der Waals surface area contributed by atoms with E-state index < -0.39 is 0 Å². The quantitative estimate of drug-likeness (QED) is 0.879. The molecule has 0 radical (unpaired) electrons. The van der Waals surface area contributed by atoms with E-state index in [4.69, 9.17) is 16.3 Å². The Kier molecular flexibility index (Phi) is 3.83. The Balaban J connectivity index is 1.71. The Labute approximate surface area is 121 Å². The maximum Gasteiger partial charge on any atom is 0.135 e. The van der Waals surface area contributed by atoms with Crippen LogP contribution in [0.4, 0.5) is 0 Å². The fourth-order valence-corrected chi connectivity index (χ4v) is 3.59. The van der Waals surface area contributed by atoms with Crippen molar-refractivity contribution in [1.82, 2.24) is 5.32 Å². The van der Waals surface area contributed by atoms with Gasteiger partial charge in [0.2, 0.25) is 0 Å². The van der Waals surface area contributed by atoms with Crippen LogP contribution < -0.4 is 10.1 Å². The SMILES string of the molecule is Clc1cccc(OC2CC3CCCC(C2)N3)c1Br. The van der Waals surface area contributed by atoms with E-state index in [1.807, 2.05) is 18.2 Å². The largest absolute Gasteiger partial charge is 0.489 e. The topological polar surface area (TPSA) is 21.3 Å². The normalized spacial score (nSPS) is 31.1. The average molecular weight is 331 g/mol. The third kappa shape index (κ3) is 2.68. The molecule has 0 aromatic heterocycles. The number of nitrogens with one attached hydrogen (secondary N) is 1. The van der Waals surface area contributed by atoms with Crippen molar-refractivity contribution in [2.45, 2.75) is 50.3 Å². The molecule has 2 unspecified atom stereocenters. The lowest BCUT2D eigenvalue weighted by Crippen LogP contribution is -2.51. The molecule has 1 aromatic rings. The maximum atomic E-state index is 6.13. The van der Waals surface area contributed by atoms with Gasteiger partial charge in [0, 0.05) is 12.1 Å². The smallest absolute Gasteiger partial charge is 0.135 e. The summed E-state index contributed by atoms with van der Waals surface area (Å²) < 4.78 is 7.00. The van der Waals surface area contributed by atoms with E-state index >= 15 is 0 Å². The number of benzene rings is 1. The van der Waals surface area contributed by atoms with E-state index in [-0.39, 0.29) is 0 Å². The maximum absolute atomic E-state index is 6.13. The van der Waals surface area contributed by atoms with Crippen LogP contribution in [0.3, 0.4) is 0 Å². The standard InChI is InChI=1S/C14H17BrClNO/c15-14-12(16)5-2-6-13(14)18-11-7-9-3-1-4-10(8-11)17-9/h2,5-6,9-11,17H,1,3-4,7-8H2. The number of ether oxygens (including phenoxy) is 1. The fourth-order valence-electron chi connectivity index (χ4n) is 3.06. The highest BCUT2D eigenvalue weighted by Gasteiger charge is 2.32. The van der Waals surface area contributed by atoms with Crippen molar-refractivity contribution < 1.29 is 4.74 Å². The van der Waals surface area contributed by atoms with Crippen molar-refractivity contribution in [1.29, 1.82) is 0 Å². The lowest BCUT2D eigenvalue weighted by molar-refractivity contribution is 0.0921. The molecule has 0 saturated carbocycles. The van der Waals surface area contributed by atoms with Gasteiger partial charge in [0.25, 0.3) is 0 Å². The molecule has 18 heavy (non-hydrogen) atoms. The van der Waals surface area contributed by atoms with Gasteiger partial charge >= 0.3 is 0 Å². The molecule has 0 amide bonds. The highest BCUT2D eigenvalue weighted by Crippen LogP contribution is 2.35. The third-order valence-electron chi connectivity index (χ3n) is 3.88. The lowest BCUT2D eigenvalue weighted by atomic mass is 9.85. The van der Waals surface area contributed by atoms with Crippen LogP contribution in [-0.2, 0) is 0 Å². The average Bonchev–Trinajstić information content (AvgIpc) is 2.35. The van der Waals surface area contributed by atoms with Crippen LogP contribution in [0.25, 0.3) is 0 Å². The molecule has 2 fully saturated rings. The van der Waals surface area contributed by atoms with Crippen LogP contribution in [0, 0.1) is 0 Å². The number of halogens is 2. The second-order valence-electron chi connectivity index (χ2n) is 5.25. The first-order valence-electron chi connectivity index (χ1n) is 6.59. The Morgan fingerprint density at radius 1 is 1.22 bits per heavy atom. The molecule has 1 aromatic carbocycles. The number of hydrogen-bond acceptors (Lipinski definition) is 2. The number of piperidine rings is 2. The summed E-state index contributed by atoms with van der Waals surface area (Å²) in [5.41, 5.74) is 0. The predicted octanol–water partition coefficient (Wildman–Crippen LogP) is 4.15. The van der Waals surface area contributed by atoms with Gasteiger partial charge in [-0.2, -0.15) is 0 Å². The van der Waals surface area contributed by atoms with Crippen molar-refractivity contribution in [3.8, 4) is 5.75 Å². The number of hydrogen-bond donors (Lipinski definition) is 1. The second-order valence-corrected chi connectivity index (χ2v) is 6.45. The summed E-state index contributed by atoms with van der Waals surface area (Å²) >= 11 is 9.58. The molecule has 0 aliphatic carbocycles. The Hall–Kier alpha value is -0.250. The molecule has 2 aliphatic rings. The molecular formula is C14H17BrClNO. The van der Waals surface area contributed by atoms with Crippen molar-refractivity contribution >= 4 is 27.5 Å². The van der Waals surface area contributed by atoms with Gasteiger partial charge in [-0.1, -0.05) is 24.1 Å². The first-order chi connectivity index (χ1) is 8.72. The fraction of sp³-hybridized carbons (Fsp3) is 0.571. The monoisotopic (exact) mass is 329 g/mol. The van der Waals surface area contributed by atoms with E-state index in [1.165, 1.54) is 19.3 Å². The molecule has 0 spiro atoms. The van der Waals surface area contributed by atoms with Gasteiger partial charge in [-0.3, -0.25) is 0 Å². The zero-order valence-corrected chi connectivity index (χ0v) is 12.5. The Bertz CT molecular complexity index is 428. The first kappa shape index (κ1) is 12.8. The molecule has 2 aliphatic heterocycles. The highest BCUT2D eigenvalue weighted by molar-refractivity contribution is 9.10. The van der Waals surface area contributed by atoms with Gasteiger partial charge in [-0.15, -0.1) is 0 Å². The molecular weight excluding hydrogens is 314 g/mol. The summed E-state index contributed by atoms with van der Waals surface area (Å²) in [6, 6.07) is 7.06. The van der Waals surface area contributed by atoms with Gasteiger partial charge in [0.1, 0.15) is 11.9 Å². The van der Waals surface area contributed by atoms with Gasteiger partial charge in [-0.25, -0.2) is 0 Å². The van der Waals surface area contributed by atoms with Crippen LogP contribution in [0.1, 0.15) is 32.1 Å². The van der Waals surface area contributed by atoms with Crippen LogP contribution in [0.2, 0.25) is 5.02 Å². The summed E-state index contributed by atoms with van der Waals surface area (Å²) in [7, 11) is 0. The van der Waals surface area contributed by atoms with Gasteiger partial charge in [-0.05, 0) is 53.7 Å². The second kappa shape index (κ2) is 5.40. The molecule has 3 rings (SSSR count). The van der Waals surface area contributed by atoms with Gasteiger partial charge in [0.05, 0.1) is 9.50 Å². The summed E-state index contributed by atoms with van der Waals surface area (Å²) in [4.78, 5) is 0. The van der Waals surface area contributed by atoms with Gasteiger partial charge < -0.3 is 10.1 Å². The summed E-state index contributed by atoms with van der Waals surface area (Å²) in [5.74, 6) is 0.868. The van der Waals surface area contributed by atoms with Crippen LogP contribution in [-0.4, -0.2) is 18.2 Å². The number of fused-ring (bicyclic) bond motifs is 2. The zero-order chi connectivity index (χ0) is 12.5. The van der Waals surface area contributed by atoms with Crippen molar-refractivity contribution in [3.63, 3.8) is 0 Å². The van der Waals surface area contributed by atoms with E-state index in [0.717, 1.165) is 23.1 Å². The first-order valence-corrected chi connectivity index (χ1v) is 7.76. The number of rotatable bonds is 2. The molecule has 2 heterocycles. The minimum absolute atomic E-state index is 0.316. The molecule has 2 saturated heterocycles. The molecule has 98 valence electrons. The van der Waals surface area contributed by atoms with Crippen LogP contribution >= 0.6 is 27.5 Å². The van der Waals surface area contributed by atoms with Crippen molar-refractivity contribution in [2.24, 2.45) is 0 Å².